The molecule has 2 nitrogen and oxygen atoms in total. The monoisotopic (exact) mass is 262 g/mol. The predicted octanol–water partition coefficient (Wildman–Crippen LogP) is 4.17. The van der Waals surface area contributed by atoms with Gasteiger partial charge in [-0.1, -0.05) is 11.6 Å². The van der Waals surface area contributed by atoms with Crippen LogP contribution in [0.25, 0.3) is 21.4 Å². The summed E-state index contributed by atoms with van der Waals surface area (Å²) in [5.74, 6) is 0. The molecule has 0 saturated carbocycles. The van der Waals surface area contributed by atoms with Gasteiger partial charge in [0.1, 0.15) is 5.58 Å². The molecule has 0 aliphatic rings. The molecule has 0 N–H and O–H groups in total. The van der Waals surface area contributed by atoms with E-state index in [1.807, 2.05) is 23.6 Å². The normalized spacial score (nSPS) is 10.9. The van der Waals surface area contributed by atoms with Crippen molar-refractivity contribution in [2.45, 2.75) is 0 Å². The second-order valence-electron chi connectivity index (χ2n) is 3.60. The van der Waals surface area contributed by atoms with Crippen molar-refractivity contribution in [2.24, 2.45) is 0 Å². The molecule has 0 saturated heterocycles. The van der Waals surface area contributed by atoms with Crippen molar-refractivity contribution < 1.29 is 4.42 Å². The maximum Gasteiger partial charge on any atom is 0.336 e. The molecule has 17 heavy (non-hydrogen) atoms. The summed E-state index contributed by atoms with van der Waals surface area (Å²) in [5, 5.41) is 3.59. The minimum absolute atomic E-state index is 0.334. The van der Waals surface area contributed by atoms with Crippen molar-refractivity contribution >= 4 is 33.9 Å². The minimum Gasteiger partial charge on any atom is -0.423 e. The Balaban J connectivity index is 2.24. The van der Waals surface area contributed by atoms with Crippen molar-refractivity contribution in [2.75, 3.05) is 0 Å². The minimum atomic E-state index is -0.334. The van der Waals surface area contributed by atoms with Crippen molar-refractivity contribution in [1.29, 1.82) is 0 Å². The smallest absolute Gasteiger partial charge is 0.336 e. The van der Waals surface area contributed by atoms with Gasteiger partial charge in [-0.3, -0.25) is 0 Å². The van der Waals surface area contributed by atoms with Crippen molar-refractivity contribution in [3.05, 3.63) is 57.2 Å². The van der Waals surface area contributed by atoms with Gasteiger partial charge in [0.15, 0.2) is 0 Å². The van der Waals surface area contributed by atoms with Gasteiger partial charge in [-0.25, -0.2) is 4.79 Å². The molecule has 0 spiro atoms. The van der Waals surface area contributed by atoms with E-state index < -0.39 is 0 Å². The van der Waals surface area contributed by atoms with Crippen LogP contribution in [0.3, 0.4) is 0 Å². The standard InChI is InChI=1S/C13H7ClO2S/c14-10-5-6-17-13(10)9-1-3-11-8(7-9)2-4-12(15)16-11/h1-7H. The highest BCUT2D eigenvalue weighted by Gasteiger charge is 2.06. The van der Waals surface area contributed by atoms with Crippen molar-refractivity contribution in [3.63, 3.8) is 0 Å². The van der Waals surface area contributed by atoms with Gasteiger partial charge in [-0.2, -0.15) is 0 Å². The largest absolute Gasteiger partial charge is 0.423 e. The van der Waals surface area contributed by atoms with Crippen LogP contribution in [0.15, 0.2) is 51.0 Å². The summed E-state index contributed by atoms with van der Waals surface area (Å²) in [6.45, 7) is 0. The summed E-state index contributed by atoms with van der Waals surface area (Å²) in [5.41, 5.74) is 1.29. The highest BCUT2D eigenvalue weighted by atomic mass is 35.5. The van der Waals surface area contributed by atoms with E-state index >= 15 is 0 Å². The molecule has 0 aliphatic heterocycles. The van der Waals surface area contributed by atoms with Crippen LogP contribution in [0.2, 0.25) is 5.02 Å². The number of fused-ring (bicyclic) bond motifs is 1. The van der Waals surface area contributed by atoms with Gasteiger partial charge >= 0.3 is 5.63 Å². The predicted molar refractivity (Wildman–Crippen MR) is 70.8 cm³/mol. The first-order valence-electron chi connectivity index (χ1n) is 5.01. The molecular weight excluding hydrogens is 256 g/mol. The van der Waals surface area contributed by atoms with Crippen LogP contribution in [0, 0.1) is 0 Å². The Hall–Kier alpha value is -1.58. The van der Waals surface area contributed by atoms with E-state index in [1.165, 1.54) is 6.07 Å². The summed E-state index contributed by atoms with van der Waals surface area (Å²) in [6.07, 6.45) is 0. The zero-order chi connectivity index (χ0) is 11.8. The van der Waals surface area contributed by atoms with Gasteiger partial charge in [-0.15, -0.1) is 11.3 Å². The highest BCUT2D eigenvalue weighted by molar-refractivity contribution is 7.14. The first-order chi connectivity index (χ1) is 8.24. The Kier molecular flexibility index (Phi) is 2.50. The molecule has 0 bridgehead atoms. The van der Waals surface area contributed by atoms with Crippen LogP contribution in [0.4, 0.5) is 0 Å². The molecule has 4 heteroatoms. The van der Waals surface area contributed by atoms with Crippen LogP contribution in [0.1, 0.15) is 0 Å². The summed E-state index contributed by atoms with van der Waals surface area (Å²) in [7, 11) is 0. The maximum atomic E-state index is 11.1. The second kappa shape index (κ2) is 4.02. The summed E-state index contributed by atoms with van der Waals surface area (Å²) in [6, 6.07) is 10.7. The fraction of sp³-hybridized carbons (Fsp3) is 0. The number of benzene rings is 1. The van der Waals surface area contributed by atoms with Crippen molar-refractivity contribution in [3.8, 4) is 10.4 Å². The third-order valence-electron chi connectivity index (χ3n) is 2.50. The van der Waals surface area contributed by atoms with E-state index in [9.17, 15) is 4.79 Å². The molecule has 0 radical (unpaired) electrons. The van der Waals surface area contributed by atoms with E-state index in [2.05, 4.69) is 0 Å². The van der Waals surface area contributed by atoms with Crippen LogP contribution in [0.5, 0.6) is 0 Å². The second-order valence-corrected chi connectivity index (χ2v) is 4.93. The third-order valence-corrected chi connectivity index (χ3v) is 3.89. The van der Waals surface area contributed by atoms with Gasteiger partial charge in [0.05, 0.1) is 9.90 Å². The Morgan fingerprint density at radius 3 is 2.76 bits per heavy atom. The lowest BCUT2D eigenvalue weighted by Crippen LogP contribution is -1.93. The molecule has 3 rings (SSSR count). The van der Waals surface area contributed by atoms with Gasteiger partial charge in [0.25, 0.3) is 0 Å². The van der Waals surface area contributed by atoms with Gasteiger partial charge < -0.3 is 4.42 Å². The first kappa shape index (κ1) is 10.6. The van der Waals surface area contributed by atoms with E-state index in [4.69, 9.17) is 16.0 Å². The lowest BCUT2D eigenvalue weighted by atomic mass is 10.1. The molecule has 0 unspecified atom stereocenters. The molecule has 84 valence electrons. The topological polar surface area (TPSA) is 30.2 Å². The van der Waals surface area contributed by atoms with Crippen LogP contribution in [-0.4, -0.2) is 0 Å². The number of thiophene rings is 1. The Bertz CT molecular complexity index is 742. The van der Waals surface area contributed by atoms with Gasteiger partial charge in [-0.05, 0) is 41.3 Å². The highest BCUT2D eigenvalue weighted by Crippen LogP contribution is 2.34. The van der Waals surface area contributed by atoms with E-state index in [0.717, 1.165) is 20.8 Å². The number of hydrogen-bond acceptors (Lipinski definition) is 3. The zero-order valence-corrected chi connectivity index (χ0v) is 10.2. The van der Waals surface area contributed by atoms with Gasteiger partial charge in [0, 0.05) is 11.5 Å². The van der Waals surface area contributed by atoms with Crippen LogP contribution < -0.4 is 5.63 Å². The summed E-state index contributed by atoms with van der Waals surface area (Å²) in [4.78, 5) is 12.1. The quantitative estimate of drug-likeness (QED) is 0.616. The average molecular weight is 263 g/mol. The SMILES string of the molecule is O=c1ccc2cc(-c3sccc3Cl)ccc2o1. The Morgan fingerprint density at radius 2 is 2.00 bits per heavy atom. The zero-order valence-electron chi connectivity index (χ0n) is 8.64. The lowest BCUT2D eigenvalue weighted by molar-refractivity contribution is 0.561. The molecule has 2 aromatic heterocycles. The fourth-order valence-electron chi connectivity index (χ4n) is 1.71. The number of halogens is 1. The molecule has 2 heterocycles. The molecule has 0 fully saturated rings. The van der Waals surface area contributed by atoms with E-state index in [-0.39, 0.29) is 5.63 Å². The summed E-state index contributed by atoms with van der Waals surface area (Å²) >= 11 is 7.68. The molecule has 0 amide bonds. The van der Waals surface area contributed by atoms with Crippen LogP contribution >= 0.6 is 22.9 Å². The van der Waals surface area contributed by atoms with Gasteiger partial charge in [0.2, 0.25) is 0 Å². The third kappa shape index (κ3) is 1.88. The molecule has 0 atom stereocenters. The lowest BCUT2D eigenvalue weighted by Gasteiger charge is -2.01. The molecule has 3 aromatic rings. The Morgan fingerprint density at radius 1 is 1.12 bits per heavy atom. The van der Waals surface area contributed by atoms with E-state index in [0.29, 0.717) is 5.58 Å². The van der Waals surface area contributed by atoms with Crippen LogP contribution in [-0.2, 0) is 0 Å². The average Bonchev–Trinajstić information content (AvgIpc) is 2.75. The Labute approximate surface area is 106 Å². The van der Waals surface area contributed by atoms with E-state index in [1.54, 1.807) is 23.5 Å². The van der Waals surface area contributed by atoms with Crippen molar-refractivity contribution in [1.82, 2.24) is 0 Å². The summed E-state index contributed by atoms with van der Waals surface area (Å²) < 4.78 is 5.08. The maximum absolute atomic E-state index is 11.1. The number of hydrogen-bond donors (Lipinski definition) is 0. The first-order valence-corrected chi connectivity index (χ1v) is 6.27. The number of rotatable bonds is 1. The fourth-order valence-corrected chi connectivity index (χ4v) is 2.88. The molecule has 0 aliphatic carbocycles. The molecular formula is C13H7ClO2S. The molecule has 1 aromatic carbocycles.